The van der Waals surface area contributed by atoms with Crippen LogP contribution in [0.1, 0.15) is 30.5 Å². The van der Waals surface area contributed by atoms with Crippen LogP contribution < -0.4 is 16.2 Å². The van der Waals surface area contributed by atoms with Gasteiger partial charge in [0.1, 0.15) is 5.75 Å². The molecule has 0 saturated carbocycles. The third kappa shape index (κ3) is 2.30. The lowest BCUT2D eigenvalue weighted by atomic mass is 9.98. The molecular formula is C12H18N2O. The van der Waals surface area contributed by atoms with Crippen molar-refractivity contribution in [2.45, 2.75) is 31.8 Å². The number of benzene rings is 1. The molecule has 0 bridgehead atoms. The average molecular weight is 206 g/mol. The van der Waals surface area contributed by atoms with Gasteiger partial charge in [-0.2, -0.15) is 0 Å². The second kappa shape index (κ2) is 4.21. The van der Waals surface area contributed by atoms with Crippen LogP contribution in [-0.2, 0) is 6.42 Å². The molecule has 0 amide bonds. The Morgan fingerprint density at radius 3 is 2.93 bits per heavy atom. The van der Waals surface area contributed by atoms with E-state index in [1.54, 1.807) is 0 Å². The maximum absolute atomic E-state index is 6.07. The molecule has 82 valence electrons. The summed E-state index contributed by atoms with van der Waals surface area (Å²) < 4.78 is 5.45. The highest BCUT2D eigenvalue weighted by atomic mass is 16.5. The van der Waals surface area contributed by atoms with Gasteiger partial charge in [-0.3, -0.25) is 0 Å². The molecule has 0 fully saturated rings. The van der Waals surface area contributed by atoms with E-state index in [2.05, 4.69) is 6.07 Å². The molecule has 1 aliphatic rings. The Morgan fingerprint density at radius 2 is 2.20 bits per heavy atom. The highest BCUT2D eigenvalue weighted by molar-refractivity contribution is 5.40. The van der Waals surface area contributed by atoms with Gasteiger partial charge in [-0.15, -0.1) is 0 Å². The Hall–Kier alpha value is -1.06. The average Bonchev–Trinajstić information content (AvgIpc) is 2.62. The summed E-state index contributed by atoms with van der Waals surface area (Å²) in [5, 5.41) is 0. The zero-order chi connectivity index (χ0) is 10.8. The molecule has 15 heavy (non-hydrogen) atoms. The largest absolute Gasteiger partial charge is 0.493 e. The molecule has 4 N–H and O–H groups in total. The molecule has 2 unspecified atom stereocenters. The van der Waals surface area contributed by atoms with Gasteiger partial charge in [-0.1, -0.05) is 12.1 Å². The molecule has 1 aromatic rings. The van der Waals surface area contributed by atoms with Crippen LogP contribution in [0.2, 0.25) is 0 Å². The van der Waals surface area contributed by atoms with Crippen LogP contribution in [0.4, 0.5) is 0 Å². The van der Waals surface area contributed by atoms with E-state index in [-0.39, 0.29) is 12.1 Å². The molecule has 0 aliphatic carbocycles. The normalized spacial score (nSPS) is 18.1. The summed E-state index contributed by atoms with van der Waals surface area (Å²) in [5.41, 5.74) is 14.2. The first-order valence-corrected chi connectivity index (χ1v) is 5.43. The van der Waals surface area contributed by atoms with Gasteiger partial charge in [0.05, 0.1) is 6.61 Å². The van der Waals surface area contributed by atoms with Gasteiger partial charge in [0, 0.05) is 18.5 Å². The van der Waals surface area contributed by atoms with Gasteiger partial charge in [0.2, 0.25) is 0 Å². The van der Waals surface area contributed by atoms with E-state index >= 15 is 0 Å². The maximum Gasteiger partial charge on any atom is 0.122 e. The van der Waals surface area contributed by atoms with Gasteiger partial charge in [-0.05, 0) is 30.5 Å². The molecule has 0 saturated heterocycles. The quantitative estimate of drug-likeness (QED) is 0.785. The Labute approximate surface area is 90.4 Å². The number of rotatable bonds is 3. The third-order valence-electron chi connectivity index (χ3n) is 2.77. The topological polar surface area (TPSA) is 61.3 Å². The van der Waals surface area contributed by atoms with Crippen molar-refractivity contribution in [3.8, 4) is 5.75 Å². The predicted octanol–water partition coefficient (Wildman–Crippen LogP) is 1.36. The third-order valence-corrected chi connectivity index (χ3v) is 2.77. The summed E-state index contributed by atoms with van der Waals surface area (Å²) in [6.45, 7) is 2.78. The minimum atomic E-state index is 0.0379. The van der Waals surface area contributed by atoms with E-state index in [4.69, 9.17) is 16.2 Å². The first-order chi connectivity index (χ1) is 7.16. The summed E-state index contributed by atoms with van der Waals surface area (Å²) >= 11 is 0. The smallest absolute Gasteiger partial charge is 0.122 e. The van der Waals surface area contributed by atoms with Crippen LogP contribution >= 0.6 is 0 Å². The van der Waals surface area contributed by atoms with Crippen molar-refractivity contribution in [1.82, 2.24) is 0 Å². The van der Waals surface area contributed by atoms with E-state index in [9.17, 15) is 0 Å². The number of hydrogen-bond donors (Lipinski definition) is 2. The van der Waals surface area contributed by atoms with E-state index in [0.29, 0.717) is 0 Å². The Morgan fingerprint density at radius 1 is 1.40 bits per heavy atom. The Bertz CT molecular complexity index is 349. The van der Waals surface area contributed by atoms with E-state index < -0.39 is 0 Å². The molecule has 2 atom stereocenters. The SMILES string of the molecule is CC(N)CC(N)c1ccc2c(c1)CCO2. The standard InChI is InChI=1S/C12H18N2O/c1-8(13)6-11(14)9-2-3-12-10(7-9)4-5-15-12/h2-3,7-8,11H,4-6,13-14H2,1H3. The fourth-order valence-electron chi connectivity index (χ4n) is 1.97. The van der Waals surface area contributed by atoms with E-state index in [0.717, 1.165) is 30.8 Å². The lowest BCUT2D eigenvalue weighted by molar-refractivity contribution is 0.357. The molecule has 0 aromatic heterocycles. The monoisotopic (exact) mass is 206 g/mol. The summed E-state index contributed by atoms with van der Waals surface area (Å²) in [6.07, 6.45) is 1.81. The second-order valence-electron chi connectivity index (χ2n) is 4.29. The molecule has 0 radical (unpaired) electrons. The van der Waals surface area contributed by atoms with Crippen LogP contribution in [0.5, 0.6) is 5.75 Å². The van der Waals surface area contributed by atoms with Gasteiger partial charge in [0.15, 0.2) is 0 Å². The molecule has 1 aliphatic heterocycles. The van der Waals surface area contributed by atoms with Gasteiger partial charge < -0.3 is 16.2 Å². The first kappa shape index (κ1) is 10.5. The van der Waals surface area contributed by atoms with Crippen molar-refractivity contribution in [3.05, 3.63) is 29.3 Å². The van der Waals surface area contributed by atoms with Crippen molar-refractivity contribution >= 4 is 0 Å². The van der Waals surface area contributed by atoms with Crippen LogP contribution in [-0.4, -0.2) is 12.6 Å². The van der Waals surface area contributed by atoms with Crippen LogP contribution in [0, 0.1) is 0 Å². The zero-order valence-electron chi connectivity index (χ0n) is 9.07. The summed E-state index contributed by atoms with van der Waals surface area (Å²) in [5.74, 6) is 1.01. The van der Waals surface area contributed by atoms with E-state index in [1.807, 2.05) is 19.1 Å². The Balaban J connectivity index is 2.15. The number of nitrogens with two attached hydrogens (primary N) is 2. The minimum Gasteiger partial charge on any atom is -0.493 e. The maximum atomic E-state index is 6.07. The molecule has 1 heterocycles. The zero-order valence-corrected chi connectivity index (χ0v) is 9.07. The van der Waals surface area contributed by atoms with Crippen molar-refractivity contribution < 1.29 is 4.74 Å². The Kier molecular flexibility index (Phi) is 2.93. The number of ether oxygens (including phenoxy) is 1. The van der Waals surface area contributed by atoms with Crippen molar-refractivity contribution in [3.63, 3.8) is 0 Å². The van der Waals surface area contributed by atoms with Gasteiger partial charge in [0.25, 0.3) is 0 Å². The van der Waals surface area contributed by atoms with Crippen LogP contribution in [0.25, 0.3) is 0 Å². The molecule has 3 nitrogen and oxygen atoms in total. The summed E-state index contributed by atoms with van der Waals surface area (Å²) in [4.78, 5) is 0. The molecule has 2 rings (SSSR count). The van der Waals surface area contributed by atoms with Gasteiger partial charge in [-0.25, -0.2) is 0 Å². The number of hydrogen-bond acceptors (Lipinski definition) is 3. The molecular weight excluding hydrogens is 188 g/mol. The highest BCUT2D eigenvalue weighted by Crippen LogP contribution is 2.28. The summed E-state index contributed by atoms with van der Waals surface area (Å²) in [6, 6.07) is 6.38. The van der Waals surface area contributed by atoms with Crippen molar-refractivity contribution in [2.75, 3.05) is 6.61 Å². The van der Waals surface area contributed by atoms with Crippen LogP contribution in [0.3, 0.4) is 0 Å². The predicted molar refractivity (Wildman–Crippen MR) is 60.8 cm³/mol. The minimum absolute atomic E-state index is 0.0379. The fourth-order valence-corrected chi connectivity index (χ4v) is 1.97. The first-order valence-electron chi connectivity index (χ1n) is 5.43. The van der Waals surface area contributed by atoms with E-state index in [1.165, 1.54) is 5.56 Å². The molecule has 0 spiro atoms. The van der Waals surface area contributed by atoms with Crippen LogP contribution in [0.15, 0.2) is 18.2 Å². The van der Waals surface area contributed by atoms with Crippen molar-refractivity contribution in [2.24, 2.45) is 11.5 Å². The molecule has 1 aromatic carbocycles. The van der Waals surface area contributed by atoms with Gasteiger partial charge >= 0.3 is 0 Å². The summed E-state index contributed by atoms with van der Waals surface area (Å²) in [7, 11) is 0. The van der Waals surface area contributed by atoms with Crippen molar-refractivity contribution in [1.29, 1.82) is 0 Å². The second-order valence-corrected chi connectivity index (χ2v) is 4.29. The fraction of sp³-hybridized carbons (Fsp3) is 0.500. The molecule has 3 heteroatoms. The lowest BCUT2D eigenvalue weighted by Crippen LogP contribution is -2.23. The lowest BCUT2D eigenvalue weighted by Gasteiger charge is -2.15. The highest BCUT2D eigenvalue weighted by Gasteiger charge is 2.15. The number of fused-ring (bicyclic) bond motifs is 1.